The molecule has 0 bridgehead atoms. The van der Waals surface area contributed by atoms with Gasteiger partial charge in [0.25, 0.3) is 0 Å². The predicted octanol–water partition coefficient (Wildman–Crippen LogP) is 9.53. The lowest BCUT2D eigenvalue weighted by atomic mass is 10.0. The number of hydrogen-bond donors (Lipinski definition) is 1. The fourth-order valence-electron chi connectivity index (χ4n) is 6.68. The van der Waals surface area contributed by atoms with Crippen LogP contribution in [0.2, 0.25) is 0 Å². The maximum Gasteiger partial charge on any atom is 0.353 e. The van der Waals surface area contributed by atoms with Crippen LogP contribution in [0, 0.1) is 0 Å². The fraction of sp³-hybridized carbons (Fsp3) is 0.700. The van der Waals surface area contributed by atoms with Crippen LogP contribution in [0.4, 0.5) is 5.82 Å². The molecule has 1 aromatic carbocycles. The lowest BCUT2D eigenvalue weighted by molar-refractivity contribution is -0.200. The Kier molecular flexibility index (Phi) is 18.5. The van der Waals surface area contributed by atoms with Crippen LogP contribution in [0.1, 0.15) is 129 Å². The second kappa shape index (κ2) is 22.8. The summed E-state index contributed by atoms with van der Waals surface area (Å²) < 4.78 is 50.5. The summed E-state index contributed by atoms with van der Waals surface area (Å²) >= 11 is 0. The van der Waals surface area contributed by atoms with Gasteiger partial charge in [0.2, 0.25) is 0 Å². The van der Waals surface area contributed by atoms with Crippen LogP contribution in [-0.4, -0.2) is 60.1 Å². The molecule has 0 aliphatic carbocycles. The Morgan fingerprint density at radius 1 is 0.846 bits per heavy atom. The van der Waals surface area contributed by atoms with E-state index in [2.05, 4.69) is 23.8 Å². The molecular weight excluding hydrogens is 681 g/mol. The number of hydrogen-bond acceptors (Lipinski definition) is 10. The molecule has 3 heterocycles. The smallest absolute Gasteiger partial charge is 0.353 e. The van der Waals surface area contributed by atoms with E-state index in [9.17, 15) is 9.36 Å². The number of aromatic nitrogens is 2. The number of unbranched alkanes of at least 4 members (excludes halogenated alkanes) is 13. The van der Waals surface area contributed by atoms with E-state index in [0.29, 0.717) is 25.4 Å². The minimum absolute atomic E-state index is 0.102. The minimum atomic E-state index is -3.61. The lowest BCUT2D eigenvalue weighted by Crippen LogP contribution is -2.35. The third-order valence-electron chi connectivity index (χ3n) is 9.53. The minimum Gasteiger partial charge on any atom is -0.381 e. The molecule has 4 rings (SSSR count). The number of rotatable bonds is 28. The Labute approximate surface area is 311 Å². The van der Waals surface area contributed by atoms with Crippen LogP contribution < -0.4 is 11.0 Å². The molecule has 0 amide bonds. The molecule has 12 heteroatoms. The standard InChI is InChI=1S/C40H64N3O8P/c1-5-7-8-9-10-11-12-13-14-15-16-17-18-22-28-46-29-23-30-47-52(45,6-2)48-32-34-36-37(51-40(3,4)50-36)38(49-34)43-27-26-35(42-39(43)44)41-31-33-24-20-19-21-25-33/h6,19-21,24-27,34,36-38H,2,5,7-18,22-23,28-32H2,1,3-4H3,(H,41,42,44)/t34?,36-,37-,38?,52?/m1/s1. The molecule has 2 aliphatic rings. The Hall–Kier alpha value is -2.37. The summed E-state index contributed by atoms with van der Waals surface area (Å²) in [4.78, 5) is 17.3. The molecule has 2 saturated heterocycles. The van der Waals surface area contributed by atoms with Gasteiger partial charge in [-0.3, -0.25) is 9.13 Å². The van der Waals surface area contributed by atoms with Crippen molar-refractivity contribution in [1.29, 1.82) is 0 Å². The average Bonchev–Trinajstić information content (AvgIpc) is 3.63. The summed E-state index contributed by atoms with van der Waals surface area (Å²) in [5.74, 6) is 0.750. The number of nitrogens with zero attached hydrogens (tertiary/aromatic N) is 2. The van der Waals surface area contributed by atoms with Gasteiger partial charge in [-0.15, -0.1) is 0 Å². The molecular formula is C40H64N3O8P. The van der Waals surface area contributed by atoms with E-state index in [1.54, 1.807) is 26.1 Å². The molecule has 2 aromatic rings. The van der Waals surface area contributed by atoms with E-state index in [4.69, 9.17) is 28.0 Å². The first-order chi connectivity index (χ1) is 25.2. The fourth-order valence-corrected chi connectivity index (χ4v) is 7.71. The summed E-state index contributed by atoms with van der Waals surface area (Å²) in [6, 6.07) is 11.6. The molecule has 0 radical (unpaired) electrons. The highest BCUT2D eigenvalue weighted by molar-refractivity contribution is 7.57. The Morgan fingerprint density at radius 3 is 2.10 bits per heavy atom. The number of benzene rings is 1. The molecule has 2 fully saturated rings. The van der Waals surface area contributed by atoms with E-state index in [1.165, 1.54) is 93.9 Å². The SMILES string of the molecule is C=CP(=O)(OCCCOCCCCCCCCCCCCCCCC)OCC1OC(n2ccc(NCc3ccccc3)nc2=O)[C@@H]2OC(C)(C)O[C@H]12. The van der Waals surface area contributed by atoms with Crippen molar-refractivity contribution in [2.45, 2.75) is 154 Å². The third-order valence-corrected chi connectivity index (χ3v) is 11.0. The molecule has 11 nitrogen and oxygen atoms in total. The topological polar surface area (TPSA) is 119 Å². The Bertz CT molecular complexity index is 1410. The first kappa shape index (κ1) is 42.4. The van der Waals surface area contributed by atoms with Crippen molar-refractivity contribution < 1.29 is 32.6 Å². The molecule has 1 N–H and O–H groups in total. The molecule has 2 aliphatic heterocycles. The summed E-state index contributed by atoms with van der Waals surface area (Å²) in [5.41, 5.74) is 0.574. The van der Waals surface area contributed by atoms with E-state index < -0.39 is 43.6 Å². The number of anilines is 1. The Balaban J connectivity index is 1.10. The van der Waals surface area contributed by atoms with Crippen molar-refractivity contribution in [2.75, 3.05) is 31.7 Å². The molecule has 3 unspecified atom stereocenters. The molecule has 0 spiro atoms. The largest absolute Gasteiger partial charge is 0.381 e. The molecule has 52 heavy (non-hydrogen) atoms. The average molecular weight is 746 g/mol. The molecule has 0 saturated carbocycles. The normalized spacial score (nSPS) is 21.9. The molecule has 5 atom stereocenters. The van der Waals surface area contributed by atoms with Crippen molar-refractivity contribution in [2.24, 2.45) is 0 Å². The van der Waals surface area contributed by atoms with E-state index in [0.717, 1.165) is 18.6 Å². The van der Waals surface area contributed by atoms with Crippen LogP contribution in [0.25, 0.3) is 0 Å². The van der Waals surface area contributed by atoms with Gasteiger partial charge in [0.15, 0.2) is 12.0 Å². The van der Waals surface area contributed by atoms with Crippen molar-refractivity contribution in [3.8, 4) is 0 Å². The van der Waals surface area contributed by atoms with Crippen LogP contribution in [0.15, 0.2) is 59.8 Å². The monoisotopic (exact) mass is 745 g/mol. The second-order valence-electron chi connectivity index (χ2n) is 14.4. The zero-order valence-corrected chi connectivity index (χ0v) is 32.8. The van der Waals surface area contributed by atoms with Gasteiger partial charge in [-0.05, 0) is 38.3 Å². The zero-order chi connectivity index (χ0) is 37.1. The van der Waals surface area contributed by atoms with Gasteiger partial charge in [-0.1, -0.05) is 127 Å². The van der Waals surface area contributed by atoms with Crippen molar-refractivity contribution in [3.05, 3.63) is 71.0 Å². The van der Waals surface area contributed by atoms with Crippen molar-refractivity contribution in [3.63, 3.8) is 0 Å². The lowest BCUT2D eigenvalue weighted by Gasteiger charge is -2.25. The first-order valence-corrected chi connectivity index (χ1v) is 21.3. The van der Waals surface area contributed by atoms with Crippen molar-refractivity contribution in [1.82, 2.24) is 9.55 Å². The number of fused-ring (bicyclic) bond motifs is 1. The maximum absolute atomic E-state index is 13.3. The van der Waals surface area contributed by atoms with Crippen LogP contribution >= 0.6 is 7.60 Å². The van der Waals surface area contributed by atoms with E-state index in [1.807, 2.05) is 30.3 Å². The first-order valence-electron chi connectivity index (χ1n) is 19.7. The van der Waals surface area contributed by atoms with E-state index in [-0.39, 0.29) is 13.2 Å². The third kappa shape index (κ3) is 14.5. The molecule has 292 valence electrons. The quantitative estimate of drug-likeness (QED) is 0.0666. The highest BCUT2D eigenvalue weighted by Gasteiger charge is 2.56. The zero-order valence-electron chi connectivity index (χ0n) is 31.9. The van der Waals surface area contributed by atoms with Gasteiger partial charge >= 0.3 is 13.3 Å². The summed E-state index contributed by atoms with van der Waals surface area (Å²) in [7, 11) is -3.61. The van der Waals surface area contributed by atoms with Crippen LogP contribution in [0.3, 0.4) is 0 Å². The number of ether oxygens (including phenoxy) is 4. The van der Waals surface area contributed by atoms with Gasteiger partial charge < -0.3 is 33.3 Å². The number of nitrogens with one attached hydrogen (secondary N) is 1. The summed E-state index contributed by atoms with van der Waals surface area (Å²) in [5, 5.41) is 3.18. The van der Waals surface area contributed by atoms with Gasteiger partial charge in [0.1, 0.15) is 24.1 Å². The van der Waals surface area contributed by atoms with Gasteiger partial charge in [-0.2, -0.15) is 4.98 Å². The second-order valence-corrected chi connectivity index (χ2v) is 16.3. The predicted molar refractivity (Wildman–Crippen MR) is 205 cm³/mol. The van der Waals surface area contributed by atoms with Gasteiger partial charge in [0.05, 0.1) is 13.2 Å². The van der Waals surface area contributed by atoms with Crippen molar-refractivity contribution >= 4 is 13.4 Å². The van der Waals surface area contributed by atoms with Gasteiger partial charge in [0, 0.05) is 31.8 Å². The highest BCUT2D eigenvalue weighted by Crippen LogP contribution is 2.51. The molecule has 1 aromatic heterocycles. The summed E-state index contributed by atoms with van der Waals surface area (Å²) in [6.45, 7) is 11.4. The Morgan fingerprint density at radius 2 is 1.46 bits per heavy atom. The van der Waals surface area contributed by atoms with Crippen LogP contribution in [0.5, 0.6) is 0 Å². The van der Waals surface area contributed by atoms with E-state index >= 15 is 0 Å². The maximum atomic E-state index is 13.3. The van der Waals surface area contributed by atoms with Gasteiger partial charge in [-0.25, -0.2) is 4.79 Å². The van der Waals surface area contributed by atoms with Crippen LogP contribution in [-0.2, 0) is 39.1 Å². The summed E-state index contributed by atoms with van der Waals surface area (Å²) in [6.07, 6.45) is 18.2. The highest BCUT2D eigenvalue weighted by atomic mass is 31.2.